The van der Waals surface area contributed by atoms with Crippen molar-refractivity contribution in [3.63, 3.8) is 0 Å². The highest BCUT2D eigenvalue weighted by atomic mass is 15.0. The van der Waals surface area contributed by atoms with Gasteiger partial charge in [-0.2, -0.15) is 0 Å². The summed E-state index contributed by atoms with van der Waals surface area (Å²) < 4.78 is 4.95. The first kappa shape index (κ1) is 29.8. The fraction of sp³-hybridized carbons (Fsp3) is 0. The van der Waals surface area contributed by atoms with Gasteiger partial charge >= 0.3 is 0 Å². The van der Waals surface area contributed by atoms with Crippen LogP contribution in [0.3, 0.4) is 0 Å². The maximum Gasteiger partial charge on any atom is 0.0973 e. The summed E-state index contributed by atoms with van der Waals surface area (Å²) in [7, 11) is 0. The molecule has 258 valence electrons. The number of hydrogen-bond acceptors (Lipinski definition) is 2. The van der Waals surface area contributed by atoms with E-state index >= 15 is 0 Å². The van der Waals surface area contributed by atoms with Crippen LogP contribution in [0.4, 0.5) is 0 Å². The van der Waals surface area contributed by atoms with Gasteiger partial charge in [-0.25, -0.2) is 9.97 Å². The Bertz CT molecular complexity index is 3760. The molecule has 13 aromatic rings. The summed E-state index contributed by atoms with van der Waals surface area (Å²) in [5, 5.41) is 12.6. The molecule has 56 heavy (non-hydrogen) atoms. The number of aromatic nitrogens is 4. The Morgan fingerprint density at radius 1 is 0.339 bits per heavy atom. The average Bonchev–Trinajstić information content (AvgIpc) is 3.90. The quantitative estimate of drug-likeness (QED) is 0.183. The number of fused-ring (bicyclic) bond motifs is 14. The summed E-state index contributed by atoms with van der Waals surface area (Å²) in [5.41, 5.74) is 12.9. The molecule has 0 fully saturated rings. The molecule has 0 aliphatic carbocycles. The first-order valence-electron chi connectivity index (χ1n) is 19.2. The summed E-state index contributed by atoms with van der Waals surface area (Å²) in [5.74, 6) is 0. The van der Waals surface area contributed by atoms with Gasteiger partial charge in [-0.15, -0.1) is 0 Å². The topological polar surface area (TPSA) is 35.1 Å². The van der Waals surface area contributed by atoms with Crippen LogP contribution in [0.5, 0.6) is 0 Å². The van der Waals surface area contributed by atoms with Crippen molar-refractivity contribution in [2.75, 3.05) is 0 Å². The van der Waals surface area contributed by atoms with Crippen LogP contribution in [-0.2, 0) is 0 Å². The van der Waals surface area contributed by atoms with Crippen molar-refractivity contribution in [2.45, 2.75) is 0 Å². The molecule has 0 saturated heterocycles. The van der Waals surface area contributed by atoms with E-state index in [1.807, 2.05) is 24.3 Å². The van der Waals surface area contributed by atoms with E-state index in [2.05, 4.69) is 167 Å². The monoisotopic (exact) mass is 710 g/mol. The second-order valence-electron chi connectivity index (χ2n) is 14.9. The number of rotatable bonds is 3. The Balaban J connectivity index is 1.09. The van der Waals surface area contributed by atoms with Gasteiger partial charge in [0.05, 0.1) is 50.0 Å². The molecule has 0 aliphatic rings. The van der Waals surface area contributed by atoms with Crippen LogP contribution < -0.4 is 0 Å². The summed E-state index contributed by atoms with van der Waals surface area (Å²) in [6, 6.07) is 65.7. The smallest absolute Gasteiger partial charge is 0.0973 e. The molecule has 4 heterocycles. The molecule has 4 nitrogen and oxygen atoms in total. The highest BCUT2D eigenvalue weighted by Crippen LogP contribution is 2.48. The van der Waals surface area contributed by atoms with Crippen LogP contribution in [0.1, 0.15) is 0 Å². The molecule has 0 spiro atoms. The summed E-state index contributed by atoms with van der Waals surface area (Å²) in [6.45, 7) is 0. The third-order valence-corrected chi connectivity index (χ3v) is 12.0. The molecule has 0 atom stereocenters. The van der Waals surface area contributed by atoms with Crippen LogP contribution in [0.25, 0.3) is 121 Å². The van der Waals surface area contributed by atoms with Gasteiger partial charge < -0.3 is 8.97 Å². The minimum Gasteiger partial charge on any atom is -0.309 e. The fourth-order valence-electron chi connectivity index (χ4n) is 9.56. The van der Waals surface area contributed by atoms with Gasteiger partial charge in [0.25, 0.3) is 0 Å². The first-order valence-corrected chi connectivity index (χ1v) is 19.2. The molecule has 0 unspecified atom stereocenters. The molecule has 0 aliphatic heterocycles. The van der Waals surface area contributed by atoms with Crippen molar-refractivity contribution in [1.29, 1.82) is 0 Å². The Kier molecular flexibility index (Phi) is 5.86. The standard InChI is InChI=1S/C52H30N4/c1-2-13-34-29-35(22-21-31(34)11-1)51-50(53-41-17-7-8-18-42(41)54-51)33-23-26-36(27-24-33)55-44-20-10-6-16-39(44)48-46(55)30-40-38-15-5-9-19-43(38)56-45-28-25-32-12-3-4-14-37(32)47(45)49(48)52(40)56/h1-30H. The molecule has 0 saturated carbocycles. The molecule has 0 N–H and O–H groups in total. The largest absolute Gasteiger partial charge is 0.309 e. The van der Waals surface area contributed by atoms with Gasteiger partial charge in [-0.1, -0.05) is 127 Å². The van der Waals surface area contributed by atoms with E-state index in [0.29, 0.717) is 0 Å². The van der Waals surface area contributed by atoms with Crippen LogP contribution in [-0.4, -0.2) is 18.9 Å². The van der Waals surface area contributed by atoms with Crippen molar-refractivity contribution < 1.29 is 0 Å². The Hall–Kier alpha value is -7.56. The van der Waals surface area contributed by atoms with Gasteiger partial charge in [0.1, 0.15) is 0 Å². The number of benzene rings is 9. The zero-order chi connectivity index (χ0) is 36.5. The summed E-state index contributed by atoms with van der Waals surface area (Å²) in [4.78, 5) is 10.5. The van der Waals surface area contributed by atoms with E-state index in [4.69, 9.17) is 9.97 Å². The van der Waals surface area contributed by atoms with Gasteiger partial charge in [-0.05, 0) is 76.1 Å². The molecule has 0 amide bonds. The maximum absolute atomic E-state index is 5.25. The van der Waals surface area contributed by atoms with Crippen LogP contribution in [0, 0.1) is 0 Å². The van der Waals surface area contributed by atoms with Crippen LogP contribution >= 0.6 is 0 Å². The average molecular weight is 711 g/mol. The van der Waals surface area contributed by atoms with E-state index in [0.717, 1.165) is 39.2 Å². The Morgan fingerprint density at radius 3 is 1.73 bits per heavy atom. The molecule has 9 aromatic carbocycles. The van der Waals surface area contributed by atoms with E-state index in [1.165, 1.54) is 81.4 Å². The van der Waals surface area contributed by atoms with E-state index in [9.17, 15) is 0 Å². The van der Waals surface area contributed by atoms with Crippen molar-refractivity contribution in [3.8, 4) is 28.2 Å². The molecule has 0 bridgehead atoms. The molecule has 4 heteroatoms. The van der Waals surface area contributed by atoms with Gasteiger partial charge in [-0.3, -0.25) is 0 Å². The van der Waals surface area contributed by atoms with Gasteiger partial charge in [0.2, 0.25) is 0 Å². The second kappa shape index (κ2) is 11.0. The SMILES string of the molecule is c1ccc2cc(-c3nc4ccccc4nc3-c3ccc(-n4c5ccccc5c5c6c7c8ccccc8ccc7n7c8ccccc8c(cc54)c67)cc3)ccc2c1. The van der Waals surface area contributed by atoms with Gasteiger partial charge in [0, 0.05) is 49.1 Å². The molecule has 4 aromatic heterocycles. The fourth-order valence-corrected chi connectivity index (χ4v) is 9.56. The number of para-hydroxylation sites is 4. The van der Waals surface area contributed by atoms with Crippen LogP contribution in [0.2, 0.25) is 0 Å². The first-order chi connectivity index (χ1) is 27.8. The van der Waals surface area contributed by atoms with E-state index < -0.39 is 0 Å². The molecule has 13 rings (SSSR count). The number of nitrogens with zero attached hydrogens (tertiary/aromatic N) is 4. The Morgan fingerprint density at radius 2 is 0.929 bits per heavy atom. The lowest BCUT2D eigenvalue weighted by atomic mass is 9.98. The summed E-state index contributed by atoms with van der Waals surface area (Å²) >= 11 is 0. The predicted molar refractivity (Wildman–Crippen MR) is 234 cm³/mol. The van der Waals surface area contributed by atoms with Crippen molar-refractivity contribution >= 4 is 92.5 Å². The van der Waals surface area contributed by atoms with Crippen molar-refractivity contribution in [3.05, 3.63) is 182 Å². The lowest BCUT2D eigenvalue weighted by Crippen LogP contribution is -1.97. The lowest BCUT2D eigenvalue weighted by molar-refractivity contribution is 1.18. The molecular formula is C52H30N4. The molecular weight excluding hydrogens is 681 g/mol. The maximum atomic E-state index is 5.25. The third kappa shape index (κ3) is 3.97. The van der Waals surface area contributed by atoms with E-state index in [-0.39, 0.29) is 0 Å². The lowest BCUT2D eigenvalue weighted by Gasteiger charge is -2.13. The van der Waals surface area contributed by atoms with Crippen LogP contribution in [0.15, 0.2) is 182 Å². The highest BCUT2D eigenvalue weighted by Gasteiger charge is 2.25. The summed E-state index contributed by atoms with van der Waals surface area (Å²) in [6.07, 6.45) is 0. The molecule has 0 radical (unpaired) electrons. The van der Waals surface area contributed by atoms with Crippen molar-refractivity contribution in [2.24, 2.45) is 0 Å². The van der Waals surface area contributed by atoms with Crippen molar-refractivity contribution in [1.82, 2.24) is 18.9 Å². The zero-order valence-corrected chi connectivity index (χ0v) is 30.1. The minimum atomic E-state index is 0.874. The third-order valence-electron chi connectivity index (χ3n) is 12.0. The zero-order valence-electron chi connectivity index (χ0n) is 30.1. The highest BCUT2D eigenvalue weighted by molar-refractivity contribution is 6.38. The minimum absolute atomic E-state index is 0.874. The Labute approximate surface area is 320 Å². The predicted octanol–water partition coefficient (Wildman–Crippen LogP) is 13.5. The normalized spacial score (nSPS) is 12.3. The number of hydrogen-bond donors (Lipinski definition) is 0. The van der Waals surface area contributed by atoms with Gasteiger partial charge in [0.15, 0.2) is 0 Å². The second-order valence-corrected chi connectivity index (χ2v) is 14.9. The van der Waals surface area contributed by atoms with E-state index in [1.54, 1.807) is 0 Å².